The van der Waals surface area contributed by atoms with Gasteiger partial charge in [0.15, 0.2) is 5.78 Å². The van der Waals surface area contributed by atoms with Crippen LogP contribution in [-0.2, 0) is 17.8 Å². The van der Waals surface area contributed by atoms with Crippen LogP contribution < -0.4 is 0 Å². The smallest absolute Gasteiger partial charge is 0.159 e. The molecule has 0 spiro atoms. The standard InChI is InChI=1S/C12H16N2O/c1-2-14-8-7-13-12(14)9-10-5-3-4-6-11(10)15/h5,7-8H,2-4,6,9H2,1H3. The Morgan fingerprint density at radius 2 is 2.40 bits per heavy atom. The van der Waals surface area contributed by atoms with Gasteiger partial charge in [0, 0.05) is 31.8 Å². The number of carbonyl (C=O) groups is 1. The Morgan fingerprint density at radius 3 is 3.13 bits per heavy atom. The first-order chi connectivity index (χ1) is 7.31. The fraction of sp³-hybridized carbons (Fsp3) is 0.500. The second-order valence-electron chi connectivity index (χ2n) is 3.85. The molecule has 0 N–H and O–H groups in total. The number of nitrogens with zero attached hydrogens (tertiary/aromatic N) is 2. The van der Waals surface area contributed by atoms with E-state index in [9.17, 15) is 4.79 Å². The maximum absolute atomic E-state index is 11.6. The van der Waals surface area contributed by atoms with Gasteiger partial charge in [-0.05, 0) is 25.3 Å². The zero-order valence-corrected chi connectivity index (χ0v) is 9.07. The molecule has 0 aliphatic heterocycles. The molecule has 1 heterocycles. The molecule has 0 amide bonds. The van der Waals surface area contributed by atoms with E-state index in [0.717, 1.165) is 30.8 Å². The van der Waals surface area contributed by atoms with Crippen LogP contribution in [0.5, 0.6) is 0 Å². The third-order valence-corrected chi connectivity index (χ3v) is 2.85. The van der Waals surface area contributed by atoms with Gasteiger partial charge in [-0.15, -0.1) is 0 Å². The predicted octanol–water partition coefficient (Wildman–Crippen LogP) is 2.12. The summed E-state index contributed by atoms with van der Waals surface area (Å²) in [5, 5.41) is 0. The monoisotopic (exact) mass is 204 g/mol. The molecule has 0 bridgehead atoms. The maximum Gasteiger partial charge on any atom is 0.159 e. The normalized spacial score (nSPS) is 16.6. The predicted molar refractivity (Wildman–Crippen MR) is 58.5 cm³/mol. The molecule has 0 fully saturated rings. The molecule has 3 heteroatoms. The van der Waals surface area contributed by atoms with Gasteiger partial charge in [0.1, 0.15) is 5.82 Å². The minimum atomic E-state index is 0.298. The van der Waals surface area contributed by atoms with E-state index in [1.165, 1.54) is 0 Å². The number of allylic oxidation sites excluding steroid dienone is 2. The summed E-state index contributed by atoms with van der Waals surface area (Å²) in [7, 11) is 0. The van der Waals surface area contributed by atoms with Crippen molar-refractivity contribution in [2.75, 3.05) is 0 Å². The van der Waals surface area contributed by atoms with E-state index in [4.69, 9.17) is 0 Å². The molecule has 0 radical (unpaired) electrons. The van der Waals surface area contributed by atoms with Crippen LogP contribution in [0.25, 0.3) is 0 Å². The second-order valence-corrected chi connectivity index (χ2v) is 3.85. The minimum Gasteiger partial charge on any atom is -0.335 e. The van der Waals surface area contributed by atoms with Crippen LogP contribution >= 0.6 is 0 Å². The summed E-state index contributed by atoms with van der Waals surface area (Å²) in [4.78, 5) is 15.9. The molecule has 2 rings (SSSR count). The van der Waals surface area contributed by atoms with Crippen LogP contribution in [0.2, 0.25) is 0 Å². The number of aryl methyl sites for hydroxylation is 1. The lowest BCUT2D eigenvalue weighted by Crippen LogP contribution is -2.12. The van der Waals surface area contributed by atoms with Crippen LogP contribution in [0.15, 0.2) is 24.0 Å². The lowest BCUT2D eigenvalue weighted by Gasteiger charge is -2.11. The number of aromatic nitrogens is 2. The van der Waals surface area contributed by atoms with Crippen LogP contribution in [0, 0.1) is 0 Å². The number of carbonyl (C=O) groups excluding carboxylic acids is 1. The number of hydrogen-bond donors (Lipinski definition) is 0. The van der Waals surface area contributed by atoms with Gasteiger partial charge in [-0.1, -0.05) is 6.08 Å². The Balaban J connectivity index is 2.14. The molecule has 1 aromatic heterocycles. The van der Waals surface area contributed by atoms with Gasteiger partial charge in [-0.2, -0.15) is 0 Å². The van der Waals surface area contributed by atoms with Crippen LogP contribution in [0.4, 0.5) is 0 Å². The Kier molecular flexibility index (Phi) is 2.99. The van der Waals surface area contributed by atoms with Gasteiger partial charge in [-0.25, -0.2) is 4.98 Å². The van der Waals surface area contributed by atoms with Crippen molar-refractivity contribution in [2.45, 2.75) is 39.2 Å². The average Bonchev–Trinajstić information content (AvgIpc) is 2.69. The molecule has 3 nitrogen and oxygen atoms in total. The molecule has 0 aromatic carbocycles. The Labute approximate surface area is 89.8 Å². The molecule has 80 valence electrons. The van der Waals surface area contributed by atoms with E-state index in [1.807, 2.05) is 6.20 Å². The zero-order valence-electron chi connectivity index (χ0n) is 9.07. The van der Waals surface area contributed by atoms with E-state index < -0.39 is 0 Å². The SMILES string of the molecule is CCn1ccnc1CC1=CCCCC1=O. The highest BCUT2D eigenvalue weighted by atomic mass is 16.1. The van der Waals surface area contributed by atoms with E-state index >= 15 is 0 Å². The first-order valence-electron chi connectivity index (χ1n) is 5.53. The van der Waals surface area contributed by atoms with Gasteiger partial charge >= 0.3 is 0 Å². The fourth-order valence-corrected chi connectivity index (χ4v) is 1.95. The number of ketones is 1. The van der Waals surface area contributed by atoms with Crippen LogP contribution in [-0.4, -0.2) is 15.3 Å². The molecule has 0 unspecified atom stereocenters. The molecule has 0 saturated heterocycles. The van der Waals surface area contributed by atoms with Gasteiger partial charge in [0.2, 0.25) is 0 Å². The van der Waals surface area contributed by atoms with E-state index in [0.29, 0.717) is 18.6 Å². The molecular formula is C12H16N2O. The topological polar surface area (TPSA) is 34.9 Å². The molecule has 15 heavy (non-hydrogen) atoms. The minimum absolute atomic E-state index is 0.298. The summed E-state index contributed by atoms with van der Waals surface area (Å²) in [6.45, 7) is 3.00. The van der Waals surface area contributed by atoms with Crippen molar-refractivity contribution in [1.29, 1.82) is 0 Å². The van der Waals surface area contributed by atoms with Crippen molar-refractivity contribution in [3.8, 4) is 0 Å². The van der Waals surface area contributed by atoms with E-state index in [2.05, 4.69) is 22.6 Å². The first kappa shape index (κ1) is 10.1. The highest BCUT2D eigenvalue weighted by Crippen LogP contribution is 2.17. The Hall–Kier alpha value is -1.38. The molecule has 1 aromatic rings. The Morgan fingerprint density at radius 1 is 1.53 bits per heavy atom. The van der Waals surface area contributed by atoms with E-state index in [1.54, 1.807) is 6.20 Å². The fourth-order valence-electron chi connectivity index (χ4n) is 1.95. The van der Waals surface area contributed by atoms with Gasteiger partial charge in [-0.3, -0.25) is 4.79 Å². The van der Waals surface area contributed by atoms with Crippen LogP contribution in [0.1, 0.15) is 32.0 Å². The summed E-state index contributed by atoms with van der Waals surface area (Å²) in [6.07, 6.45) is 9.27. The highest BCUT2D eigenvalue weighted by molar-refractivity contribution is 5.96. The van der Waals surface area contributed by atoms with Crippen molar-refractivity contribution in [2.24, 2.45) is 0 Å². The third kappa shape index (κ3) is 2.17. The molecule has 1 aliphatic carbocycles. The molecule has 0 atom stereocenters. The summed E-state index contributed by atoms with van der Waals surface area (Å²) in [6, 6.07) is 0. The number of hydrogen-bond acceptors (Lipinski definition) is 2. The van der Waals surface area contributed by atoms with Crippen LogP contribution in [0.3, 0.4) is 0 Å². The molecule has 1 aliphatic rings. The van der Waals surface area contributed by atoms with Crippen molar-refractivity contribution >= 4 is 5.78 Å². The van der Waals surface area contributed by atoms with E-state index in [-0.39, 0.29) is 0 Å². The first-order valence-corrected chi connectivity index (χ1v) is 5.53. The lowest BCUT2D eigenvalue weighted by atomic mass is 9.95. The number of imidazole rings is 1. The van der Waals surface area contributed by atoms with Crippen molar-refractivity contribution in [3.05, 3.63) is 29.9 Å². The average molecular weight is 204 g/mol. The summed E-state index contributed by atoms with van der Waals surface area (Å²) < 4.78 is 2.09. The summed E-state index contributed by atoms with van der Waals surface area (Å²) >= 11 is 0. The number of Topliss-reactive ketones (excluding diaryl/α,β-unsaturated/α-hetero) is 1. The van der Waals surface area contributed by atoms with Gasteiger partial charge in [0.05, 0.1) is 0 Å². The third-order valence-electron chi connectivity index (χ3n) is 2.85. The maximum atomic E-state index is 11.6. The molecule has 0 saturated carbocycles. The van der Waals surface area contributed by atoms with Crippen molar-refractivity contribution in [1.82, 2.24) is 9.55 Å². The summed E-state index contributed by atoms with van der Waals surface area (Å²) in [5.41, 5.74) is 0.946. The quantitative estimate of drug-likeness (QED) is 0.756. The molecular weight excluding hydrogens is 188 g/mol. The lowest BCUT2D eigenvalue weighted by molar-refractivity contribution is -0.116. The largest absolute Gasteiger partial charge is 0.335 e. The second kappa shape index (κ2) is 4.43. The Bertz CT molecular complexity index is 390. The van der Waals surface area contributed by atoms with Gasteiger partial charge in [0.25, 0.3) is 0 Å². The van der Waals surface area contributed by atoms with Crippen molar-refractivity contribution < 1.29 is 4.79 Å². The number of rotatable bonds is 3. The van der Waals surface area contributed by atoms with Gasteiger partial charge < -0.3 is 4.57 Å². The summed E-state index contributed by atoms with van der Waals surface area (Å²) in [5.74, 6) is 1.30. The zero-order chi connectivity index (χ0) is 10.7. The highest BCUT2D eigenvalue weighted by Gasteiger charge is 2.15. The van der Waals surface area contributed by atoms with Crippen molar-refractivity contribution in [3.63, 3.8) is 0 Å².